The van der Waals surface area contributed by atoms with Crippen molar-refractivity contribution >= 4 is 35.0 Å². The molecule has 4 fully saturated rings. The number of hydrogen-bond acceptors (Lipinski definition) is 11. The van der Waals surface area contributed by atoms with Crippen molar-refractivity contribution in [3.8, 4) is 5.75 Å². The van der Waals surface area contributed by atoms with Crippen molar-refractivity contribution in [1.82, 2.24) is 4.90 Å². The van der Waals surface area contributed by atoms with Gasteiger partial charge in [-0.1, -0.05) is 44.2 Å². The van der Waals surface area contributed by atoms with Crippen molar-refractivity contribution in [2.75, 3.05) is 20.7 Å². The summed E-state index contributed by atoms with van der Waals surface area (Å²) in [5, 5.41) is 23.2. The van der Waals surface area contributed by atoms with Crippen molar-refractivity contribution in [3.05, 3.63) is 29.3 Å². The molecule has 2 unspecified atom stereocenters. The van der Waals surface area contributed by atoms with E-state index in [4.69, 9.17) is 15.2 Å². The Balaban J connectivity index is 1.55. The van der Waals surface area contributed by atoms with Crippen LogP contribution in [0.2, 0.25) is 0 Å². The molecule has 1 aromatic rings. The van der Waals surface area contributed by atoms with Gasteiger partial charge in [0.25, 0.3) is 0 Å². The zero-order chi connectivity index (χ0) is 33.1. The molecule has 0 aliphatic heterocycles. The molecule has 8 atom stereocenters. The standard InChI is InChI=1S/C34H42N2O10/c1-36(2)26-25-29(46-33(43)16-9-4-3-5-10-16)22-19(15-45-17-11-6-7-12-17)18-13-8-14-20(37)21(18)27(38)23(22)30(40)34(25,44)31(41)24(28(26)39)32(35)42/h8,13-14,16-17,19,22-26,29,37,44H,3-7,9-12,15H2,1-2H3,(H2,35,42)/t19-,22+,23?,24?,25+,26-,29-,34-/m1/s1. The minimum Gasteiger partial charge on any atom is -0.507 e. The van der Waals surface area contributed by atoms with Crippen LogP contribution in [0.1, 0.15) is 79.6 Å². The largest absolute Gasteiger partial charge is 0.507 e. The van der Waals surface area contributed by atoms with Crippen LogP contribution in [0.5, 0.6) is 5.75 Å². The van der Waals surface area contributed by atoms with Crippen LogP contribution in [0.15, 0.2) is 18.2 Å². The molecular formula is C34H42N2O10. The fourth-order valence-corrected chi connectivity index (χ4v) is 8.95. The van der Waals surface area contributed by atoms with E-state index in [1.54, 1.807) is 12.1 Å². The maximum absolute atomic E-state index is 14.6. The Labute approximate surface area is 267 Å². The van der Waals surface area contributed by atoms with Crippen LogP contribution in [-0.4, -0.2) is 94.7 Å². The van der Waals surface area contributed by atoms with Gasteiger partial charge in [-0.05, 0) is 51.4 Å². The number of nitrogens with two attached hydrogens (primary N) is 1. The lowest BCUT2D eigenvalue weighted by Gasteiger charge is -2.57. The SMILES string of the molecule is CN(C)[C@H]1C(=O)C(C(N)=O)C(=O)[C@]2(O)C(=O)C3C(=O)c4c(O)cccc4[C@@H](COC4CCCC4)[C@@H]3[C@@H](OC(=O)C3CCCCC3)[C@H]12. The molecule has 0 spiro atoms. The molecule has 4 saturated carbocycles. The average molecular weight is 639 g/mol. The lowest BCUT2D eigenvalue weighted by molar-refractivity contribution is -0.208. The van der Waals surface area contributed by atoms with Crippen molar-refractivity contribution in [1.29, 1.82) is 0 Å². The topological polar surface area (TPSA) is 191 Å². The minimum atomic E-state index is -3.06. The number of rotatable bonds is 7. The Morgan fingerprint density at radius 1 is 0.978 bits per heavy atom. The first kappa shape index (κ1) is 32.5. The molecule has 0 aromatic heterocycles. The lowest BCUT2D eigenvalue weighted by atomic mass is 9.49. The number of phenolic OH excluding ortho intramolecular Hbond substituents is 1. The number of phenols is 1. The van der Waals surface area contributed by atoms with E-state index in [1.165, 1.54) is 25.1 Å². The van der Waals surface area contributed by atoms with E-state index in [0.717, 1.165) is 44.9 Å². The number of primary amides is 1. The molecule has 6 rings (SSSR count). The van der Waals surface area contributed by atoms with Crippen molar-refractivity contribution in [3.63, 3.8) is 0 Å². The van der Waals surface area contributed by atoms with Crippen LogP contribution < -0.4 is 5.73 Å². The third-order valence-electron chi connectivity index (χ3n) is 11.1. The van der Waals surface area contributed by atoms with E-state index >= 15 is 0 Å². The first-order valence-corrected chi connectivity index (χ1v) is 16.4. The lowest BCUT2D eigenvalue weighted by Crippen LogP contribution is -2.78. The quantitative estimate of drug-likeness (QED) is 0.290. The van der Waals surface area contributed by atoms with E-state index < -0.39 is 88.3 Å². The number of carbonyl (C=O) groups is 6. The Hall–Kier alpha value is -3.48. The van der Waals surface area contributed by atoms with Gasteiger partial charge in [-0.2, -0.15) is 0 Å². The second kappa shape index (κ2) is 12.3. The molecule has 1 amide bonds. The predicted molar refractivity (Wildman–Crippen MR) is 160 cm³/mol. The van der Waals surface area contributed by atoms with Crippen LogP contribution >= 0.6 is 0 Å². The molecule has 46 heavy (non-hydrogen) atoms. The van der Waals surface area contributed by atoms with Gasteiger partial charge in [0, 0.05) is 11.8 Å². The number of fused-ring (bicyclic) bond motifs is 3. The summed E-state index contributed by atoms with van der Waals surface area (Å²) in [6.45, 7) is 0.00388. The number of aliphatic hydroxyl groups is 1. The molecule has 5 aliphatic carbocycles. The van der Waals surface area contributed by atoms with E-state index in [-0.39, 0.29) is 24.0 Å². The van der Waals surface area contributed by atoms with Gasteiger partial charge >= 0.3 is 5.97 Å². The summed E-state index contributed by atoms with van der Waals surface area (Å²) in [6, 6.07) is 3.10. The molecule has 12 heteroatoms. The average Bonchev–Trinajstić information content (AvgIpc) is 3.54. The van der Waals surface area contributed by atoms with Crippen LogP contribution in [0.25, 0.3) is 0 Å². The number of ether oxygens (including phenoxy) is 2. The van der Waals surface area contributed by atoms with Crippen LogP contribution in [0.3, 0.4) is 0 Å². The third kappa shape index (κ3) is 5.00. The van der Waals surface area contributed by atoms with E-state index in [9.17, 15) is 39.0 Å². The highest BCUT2D eigenvalue weighted by Crippen LogP contribution is 2.56. The van der Waals surface area contributed by atoms with Gasteiger partial charge in [-0.15, -0.1) is 0 Å². The molecule has 12 nitrogen and oxygen atoms in total. The summed E-state index contributed by atoms with van der Waals surface area (Å²) in [6.07, 6.45) is 5.79. The molecule has 4 N–H and O–H groups in total. The van der Waals surface area contributed by atoms with E-state index in [2.05, 4.69) is 0 Å². The number of Topliss-reactive ketones (excluding diaryl/α,β-unsaturated/α-hetero) is 4. The summed E-state index contributed by atoms with van der Waals surface area (Å²) in [5.41, 5.74) is 2.69. The number of hydrogen-bond donors (Lipinski definition) is 3. The van der Waals surface area contributed by atoms with Crippen molar-refractivity contribution in [2.45, 2.75) is 87.6 Å². The summed E-state index contributed by atoms with van der Waals surface area (Å²) in [4.78, 5) is 84.5. The monoisotopic (exact) mass is 638 g/mol. The molecular weight excluding hydrogens is 596 g/mol. The number of aromatic hydroxyl groups is 1. The predicted octanol–water partition coefficient (Wildman–Crippen LogP) is 1.47. The number of amides is 1. The third-order valence-corrected chi connectivity index (χ3v) is 11.1. The second-order valence-electron chi connectivity index (χ2n) is 13.9. The number of carbonyl (C=O) groups excluding carboxylic acids is 6. The maximum atomic E-state index is 14.6. The maximum Gasteiger partial charge on any atom is 0.309 e. The van der Waals surface area contributed by atoms with Crippen LogP contribution in [0, 0.1) is 29.6 Å². The van der Waals surface area contributed by atoms with Gasteiger partial charge in [0.2, 0.25) is 5.91 Å². The molecule has 0 saturated heterocycles. The minimum absolute atomic E-state index is 0.00388. The molecule has 5 aliphatic rings. The number of benzene rings is 1. The zero-order valence-electron chi connectivity index (χ0n) is 26.2. The van der Waals surface area contributed by atoms with Gasteiger partial charge in [-0.25, -0.2) is 0 Å². The van der Waals surface area contributed by atoms with E-state index in [1.807, 2.05) is 0 Å². The molecule has 1 aromatic carbocycles. The number of likely N-dealkylation sites (N-methyl/N-ethyl adjacent to an activating group) is 1. The van der Waals surface area contributed by atoms with Crippen molar-refractivity contribution in [2.24, 2.45) is 35.3 Å². The van der Waals surface area contributed by atoms with Gasteiger partial charge in [0.05, 0.1) is 42.1 Å². The second-order valence-corrected chi connectivity index (χ2v) is 13.9. The van der Waals surface area contributed by atoms with Crippen molar-refractivity contribution < 1.29 is 48.5 Å². The number of ketones is 4. The first-order valence-electron chi connectivity index (χ1n) is 16.4. The highest BCUT2D eigenvalue weighted by atomic mass is 16.5. The van der Waals surface area contributed by atoms with Gasteiger partial charge in [0.15, 0.2) is 34.7 Å². The Kier molecular flexibility index (Phi) is 8.66. The summed E-state index contributed by atoms with van der Waals surface area (Å²) in [5.74, 6) is -14.6. The molecule has 0 bridgehead atoms. The fourth-order valence-electron chi connectivity index (χ4n) is 8.95. The molecule has 0 heterocycles. The molecule has 248 valence electrons. The Morgan fingerprint density at radius 3 is 2.26 bits per heavy atom. The highest BCUT2D eigenvalue weighted by molar-refractivity contribution is 6.32. The van der Waals surface area contributed by atoms with Crippen LogP contribution in [-0.2, 0) is 33.4 Å². The zero-order valence-corrected chi connectivity index (χ0v) is 26.2. The molecule has 0 radical (unpaired) electrons. The summed E-state index contributed by atoms with van der Waals surface area (Å²) >= 11 is 0. The van der Waals surface area contributed by atoms with Gasteiger partial charge in [-0.3, -0.25) is 33.7 Å². The van der Waals surface area contributed by atoms with Gasteiger partial charge in [0.1, 0.15) is 11.9 Å². The number of nitrogens with zero attached hydrogens (tertiary/aromatic N) is 1. The summed E-state index contributed by atoms with van der Waals surface area (Å²) in [7, 11) is 2.99. The van der Waals surface area contributed by atoms with Gasteiger partial charge < -0.3 is 25.4 Å². The first-order chi connectivity index (χ1) is 21.9. The normalized spacial score (nSPS) is 35.1. The van der Waals surface area contributed by atoms with E-state index in [0.29, 0.717) is 18.4 Å². The smallest absolute Gasteiger partial charge is 0.309 e. The number of esters is 1. The Morgan fingerprint density at radius 2 is 1.63 bits per heavy atom. The summed E-state index contributed by atoms with van der Waals surface area (Å²) < 4.78 is 12.6. The Bertz CT molecular complexity index is 1460. The van der Waals surface area contributed by atoms with Crippen LogP contribution in [0.4, 0.5) is 0 Å². The fraction of sp³-hybridized carbons (Fsp3) is 0.647. The highest BCUT2D eigenvalue weighted by Gasteiger charge is 2.74.